The average molecular weight is 335 g/mol. The van der Waals surface area contributed by atoms with Gasteiger partial charge in [-0.3, -0.25) is 5.10 Å². The zero-order valence-electron chi connectivity index (χ0n) is 13.0. The lowest BCUT2D eigenvalue weighted by molar-refractivity contribution is -0.131. The molecule has 0 aliphatic heterocycles. The Balaban J connectivity index is 2.31. The van der Waals surface area contributed by atoms with Crippen molar-refractivity contribution in [2.75, 3.05) is 13.7 Å². The van der Waals surface area contributed by atoms with Gasteiger partial charge in [-0.1, -0.05) is 6.07 Å². The smallest absolute Gasteiger partial charge is 0.342 e. The minimum absolute atomic E-state index is 0.108. The van der Waals surface area contributed by atoms with E-state index in [4.69, 9.17) is 9.47 Å². The summed E-state index contributed by atoms with van der Waals surface area (Å²) in [6.07, 6.45) is 1.54. The number of aromatic amines is 1. The number of aromatic nitrogens is 3. The number of hydrogen-bond donors (Lipinski definition) is 2. The molecule has 0 atom stereocenters. The summed E-state index contributed by atoms with van der Waals surface area (Å²) < 4.78 is 10.7. The van der Waals surface area contributed by atoms with Crippen molar-refractivity contribution in [1.29, 1.82) is 0 Å². The van der Waals surface area contributed by atoms with E-state index in [1.807, 2.05) is 6.92 Å². The molecule has 0 unspecified atom stereocenters. The van der Waals surface area contributed by atoms with Crippen LogP contribution in [-0.4, -0.2) is 40.0 Å². The SMILES string of the molecule is CCOc1cc(C=C(Sc2n[nH]c(C)n2)C(=O)O)ccc1OC. The van der Waals surface area contributed by atoms with Crippen LogP contribution in [-0.2, 0) is 4.79 Å². The third-order valence-corrected chi connectivity index (χ3v) is 3.65. The van der Waals surface area contributed by atoms with E-state index in [-0.39, 0.29) is 4.91 Å². The van der Waals surface area contributed by atoms with Gasteiger partial charge in [-0.05, 0) is 49.4 Å². The number of aliphatic carboxylic acids is 1. The summed E-state index contributed by atoms with van der Waals surface area (Å²) >= 11 is 0.978. The first-order valence-corrected chi connectivity index (χ1v) is 7.67. The van der Waals surface area contributed by atoms with Gasteiger partial charge in [-0.15, -0.1) is 5.10 Å². The normalized spacial score (nSPS) is 11.3. The summed E-state index contributed by atoms with van der Waals surface area (Å²) in [6, 6.07) is 5.22. The molecule has 7 nitrogen and oxygen atoms in total. The molecule has 0 aliphatic rings. The fourth-order valence-corrected chi connectivity index (χ4v) is 2.56. The molecular weight excluding hydrogens is 318 g/mol. The molecule has 2 rings (SSSR count). The summed E-state index contributed by atoms with van der Waals surface area (Å²) in [6.45, 7) is 4.10. The van der Waals surface area contributed by atoms with E-state index in [2.05, 4.69) is 15.2 Å². The topological polar surface area (TPSA) is 97.3 Å². The Morgan fingerprint density at radius 1 is 1.43 bits per heavy atom. The maximum atomic E-state index is 11.4. The van der Waals surface area contributed by atoms with Gasteiger partial charge in [0.2, 0.25) is 5.16 Å². The lowest BCUT2D eigenvalue weighted by Crippen LogP contribution is -1.98. The first kappa shape index (κ1) is 16.9. The summed E-state index contributed by atoms with van der Waals surface area (Å²) in [5.74, 6) is 0.733. The number of benzene rings is 1. The van der Waals surface area contributed by atoms with Crippen LogP contribution >= 0.6 is 11.8 Å². The number of carboxylic acid groups (broad SMARTS) is 1. The number of hydrogen-bond acceptors (Lipinski definition) is 6. The van der Waals surface area contributed by atoms with E-state index in [1.54, 1.807) is 38.3 Å². The molecule has 8 heteroatoms. The lowest BCUT2D eigenvalue weighted by atomic mass is 10.2. The van der Waals surface area contributed by atoms with E-state index in [0.29, 0.717) is 34.7 Å². The van der Waals surface area contributed by atoms with Gasteiger partial charge in [-0.2, -0.15) is 0 Å². The maximum absolute atomic E-state index is 11.4. The third-order valence-electron chi connectivity index (χ3n) is 2.77. The molecule has 0 amide bonds. The van der Waals surface area contributed by atoms with Crippen LogP contribution in [0, 0.1) is 6.92 Å². The van der Waals surface area contributed by atoms with E-state index in [9.17, 15) is 9.90 Å². The second kappa shape index (κ2) is 7.68. The second-order valence-electron chi connectivity index (χ2n) is 4.46. The summed E-state index contributed by atoms with van der Waals surface area (Å²) in [5, 5.41) is 16.3. The molecule has 0 aliphatic carbocycles. The van der Waals surface area contributed by atoms with Crippen LogP contribution in [0.2, 0.25) is 0 Å². The van der Waals surface area contributed by atoms with Gasteiger partial charge >= 0.3 is 5.97 Å². The molecule has 2 aromatic rings. The number of rotatable bonds is 7. The van der Waals surface area contributed by atoms with Gasteiger partial charge in [0.05, 0.1) is 13.7 Å². The largest absolute Gasteiger partial charge is 0.493 e. The van der Waals surface area contributed by atoms with Crippen molar-refractivity contribution >= 4 is 23.8 Å². The fraction of sp³-hybridized carbons (Fsp3) is 0.267. The predicted molar refractivity (Wildman–Crippen MR) is 86.8 cm³/mol. The van der Waals surface area contributed by atoms with Gasteiger partial charge in [0.15, 0.2) is 11.5 Å². The highest BCUT2D eigenvalue weighted by atomic mass is 32.2. The van der Waals surface area contributed by atoms with E-state index in [0.717, 1.165) is 11.8 Å². The van der Waals surface area contributed by atoms with Crippen molar-refractivity contribution in [2.45, 2.75) is 19.0 Å². The molecule has 0 radical (unpaired) electrons. The first-order valence-electron chi connectivity index (χ1n) is 6.86. The van der Waals surface area contributed by atoms with Crippen LogP contribution in [0.1, 0.15) is 18.3 Å². The van der Waals surface area contributed by atoms with Crippen LogP contribution in [0.4, 0.5) is 0 Å². The molecule has 0 saturated carbocycles. The molecule has 0 bridgehead atoms. The van der Waals surface area contributed by atoms with Gasteiger partial charge < -0.3 is 14.6 Å². The first-order chi connectivity index (χ1) is 11.0. The lowest BCUT2D eigenvalue weighted by Gasteiger charge is -2.10. The number of ether oxygens (including phenoxy) is 2. The molecular formula is C15H17N3O4S. The van der Waals surface area contributed by atoms with Gasteiger partial charge in [0.25, 0.3) is 0 Å². The predicted octanol–water partition coefficient (Wildman–Crippen LogP) is 2.74. The number of nitrogens with zero attached hydrogens (tertiary/aromatic N) is 2. The van der Waals surface area contributed by atoms with Crippen molar-refractivity contribution in [2.24, 2.45) is 0 Å². The maximum Gasteiger partial charge on any atom is 0.342 e. The zero-order valence-corrected chi connectivity index (χ0v) is 13.8. The third kappa shape index (κ3) is 4.49. The van der Waals surface area contributed by atoms with Crippen LogP contribution in [0.15, 0.2) is 28.3 Å². The molecule has 23 heavy (non-hydrogen) atoms. The number of carboxylic acids is 1. The van der Waals surface area contributed by atoms with Crippen LogP contribution in [0.3, 0.4) is 0 Å². The van der Waals surface area contributed by atoms with Gasteiger partial charge in [-0.25, -0.2) is 9.78 Å². The highest BCUT2D eigenvalue weighted by Crippen LogP contribution is 2.31. The Hall–Kier alpha value is -2.48. The van der Waals surface area contributed by atoms with E-state index < -0.39 is 5.97 Å². The second-order valence-corrected chi connectivity index (χ2v) is 5.47. The highest BCUT2D eigenvalue weighted by molar-refractivity contribution is 8.04. The number of methoxy groups -OCH3 is 1. The Bertz CT molecular complexity index is 727. The van der Waals surface area contributed by atoms with E-state index >= 15 is 0 Å². The van der Waals surface area contributed by atoms with Crippen LogP contribution in [0.5, 0.6) is 11.5 Å². The van der Waals surface area contributed by atoms with Crippen molar-refractivity contribution < 1.29 is 19.4 Å². The summed E-state index contributed by atoms with van der Waals surface area (Å²) in [7, 11) is 1.55. The van der Waals surface area contributed by atoms with Crippen molar-refractivity contribution in [3.05, 3.63) is 34.5 Å². The zero-order chi connectivity index (χ0) is 16.8. The van der Waals surface area contributed by atoms with Crippen molar-refractivity contribution in [3.63, 3.8) is 0 Å². The van der Waals surface area contributed by atoms with Crippen LogP contribution in [0.25, 0.3) is 6.08 Å². The average Bonchev–Trinajstić information content (AvgIpc) is 2.92. The summed E-state index contributed by atoms with van der Waals surface area (Å²) in [4.78, 5) is 15.6. The van der Waals surface area contributed by atoms with Gasteiger partial charge in [0, 0.05) is 0 Å². The fourth-order valence-electron chi connectivity index (χ4n) is 1.80. The van der Waals surface area contributed by atoms with Crippen molar-refractivity contribution in [3.8, 4) is 11.5 Å². The minimum atomic E-state index is -1.05. The Morgan fingerprint density at radius 2 is 2.22 bits per heavy atom. The monoisotopic (exact) mass is 335 g/mol. The van der Waals surface area contributed by atoms with E-state index in [1.165, 1.54) is 0 Å². The molecule has 1 heterocycles. The molecule has 0 saturated heterocycles. The Morgan fingerprint density at radius 3 is 2.78 bits per heavy atom. The highest BCUT2D eigenvalue weighted by Gasteiger charge is 2.14. The van der Waals surface area contributed by atoms with Crippen LogP contribution < -0.4 is 9.47 Å². The Kier molecular flexibility index (Phi) is 5.64. The number of nitrogens with one attached hydrogen (secondary N) is 1. The van der Waals surface area contributed by atoms with Crippen molar-refractivity contribution in [1.82, 2.24) is 15.2 Å². The molecule has 0 spiro atoms. The quantitative estimate of drug-likeness (QED) is 0.593. The molecule has 122 valence electrons. The molecule has 1 aromatic heterocycles. The Labute approximate surface area is 137 Å². The number of thioether (sulfide) groups is 1. The molecule has 2 N–H and O–H groups in total. The number of aryl methyl sites for hydroxylation is 1. The van der Waals surface area contributed by atoms with Gasteiger partial charge in [0.1, 0.15) is 10.7 Å². The number of H-pyrrole nitrogens is 1. The molecule has 0 fully saturated rings. The molecule has 1 aromatic carbocycles. The number of carbonyl (C=O) groups is 1. The summed E-state index contributed by atoms with van der Waals surface area (Å²) in [5.41, 5.74) is 0.686. The minimum Gasteiger partial charge on any atom is -0.493 e. The standard InChI is InChI=1S/C15H17N3O4S/c1-4-22-12-7-10(5-6-11(12)21-3)8-13(14(19)20)23-15-16-9(2)17-18-15/h5-8H,4H2,1-3H3,(H,19,20)(H,16,17,18).